The summed E-state index contributed by atoms with van der Waals surface area (Å²) in [7, 11) is -1.91. The largest absolute Gasteiger partial charge is 0.337 e. The minimum atomic E-state index is -3.69. The number of sulfonamides is 1. The van der Waals surface area contributed by atoms with E-state index in [1.54, 1.807) is 36.2 Å². The Labute approximate surface area is 154 Å². The van der Waals surface area contributed by atoms with Gasteiger partial charge in [-0.1, -0.05) is 17.7 Å². The molecule has 0 bridgehead atoms. The molecule has 0 radical (unpaired) electrons. The Morgan fingerprint density at radius 2 is 1.77 bits per heavy atom. The van der Waals surface area contributed by atoms with Crippen molar-refractivity contribution in [1.29, 1.82) is 0 Å². The minimum absolute atomic E-state index is 0.103. The molecule has 2 N–H and O–H groups in total. The normalized spacial score (nSPS) is 17.1. The van der Waals surface area contributed by atoms with Gasteiger partial charge in [-0.2, -0.15) is 0 Å². The van der Waals surface area contributed by atoms with E-state index >= 15 is 0 Å². The molecule has 26 heavy (non-hydrogen) atoms. The van der Waals surface area contributed by atoms with Gasteiger partial charge in [-0.05, 0) is 56.3 Å². The van der Waals surface area contributed by atoms with E-state index in [0.717, 1.165) is 25.1 Å². The van der Waals surface area contributed by atoms with E-state index in [-0.39, 0.29) is 16.8 Å². The van der Waals surface area contributed by atoms with Gasteiger partial charge in [-0.25, -0.2) is 8.42 Å². The molecule has 2 aromatic carbocycles. The molecule has 1 atom stereocenters. The SMILES string of the molecule is Cc1ccc(NS(=O)(=O)c2ccc(C(=O)N(C)C3CCNC3)cc2)cc1. The third kappa shape index (κ3) is 4.05. The lowest BCUT2D eigenvalue weighted by Gasteiger charge is -2.23. The molecular formula is C19H23N3O3S. The third-order valence-corrected chi connectivity index (χ3v) is 6.01. The Hall–Kier alpha value is -2.38. The van der Waals surface area contributed by atoms with Crippen molar-refractivity contribution in [3.8, 4) is 0 Å². The quantitative estimate of drug-likeness (QED) is 0.842. The van der Waals surface area contributed by atoms with Crippen molar-refractivity contribution >= 4 is 21.6 Å². The van der Waals surface area contributed by atoms with E-state index < -0.39 is 10.0 Å². The maximum Gasteiger partial charge on any atom is 0.261 e. The molecule has 138 valence electrons. The van der Waals surface area contributed by atoms with Gasteiger partial charge < -0.3 is 10.2 Å². The van der Waals surface area contributed by atoms with Crippen molar-refractivity contribution in [3.05, 3.63) is 59.7 Å². The van der Waals surface area contributed by atoms with Crippen LogP contribution in [0.25, 0.3) is 0 Å². The van der Waals surface area contributed by atoms with Crippen molar-refractivity contribution in [3.63, 3.8) is 0 Å². The van der Waals surface area contributed by atoms with Crippen LogP contribution in [0.4, 0.5) is 5.69 Å². The smallest absolute Gasteiger partial charge is 0.261 e. The monoisotopic (exact) mass is 373 g/mol. The lowest BCUT2D eigenvalue weighted by atomic mass is 10.1. The highest BCUT2D eigenvalue weighted by molar-refractivity contribution is 7.92. The zero-order chi connectivity index (χ0) is 18.7. The molecular weight excluding hydrogens is 350 g/mol. The van der Waals surface area contributed by atoms with Crippen LogP contribution in [-0.2, 0) is 10.0 Å². The molecule has 1 heterocycles. The van der Waals surface area contributed by atoms with Crippen LogP contribution >= 0.6 is 0 Å². The van der Waals surface area contributed by atoms with E-state index in [1.165, 1.54) is 12.1 Å². The average Bonchev–Trinajstić information content (AvgIpc) is 3.17. The Kier molecular flexibility index (Phi) is 5.29. The fraction of sp³-hybridized carbons (Fsp3) is 0.316. The lowest BCUT2D eigenvalue weighted by Crippen LogP contribution is -2.38. The van der Waals surface area contributed by atoms with Crippen molar-refractivity contribution < 1.29 is 13.2 Å². The first-order chi connectivity index (χ1) is 12.4. The van der Waals surface area contributed by atoms with Gasteiger partial charge >= 0.3 is 0 Å². The van der Waals surface area contributed by atoms with Crippen LogP contribution in [0.3, 0.4) is 0 Å². The Morgan fingerprint density at radius 3 is 2.35 bits per heavy atom. The number of nitrogens with one attached hydrogen (secondary N) is 2. The number of rotatable bonds is 5. The molecule has 0 aromatic heterocycles. The molecule has 3 rings (SSSR count). The van der Waals surface area contributed by atoms with Crippen LogP contribution < -0.4 is 10.0 Å². The number of carbonyl (C=O) groups is 1. The highest BCUT2D eigenvalue weighted by Crippen LogP contribution is 2.18. The molecule has 7 heteroatoms. The topological polar surface area (TPSA) is 78.5 Å². The van der Waals surface area contributed by atoms with Crippen LogP contribution in [0.1, 0.15) is 22.3 Å². The zero-order valence-electron chi connectivity index (χ0n) is 14.9. The number of hydrogen-bond donors (Lipinski definition) is 2. The molecule has 2 aromatic rings. The Bertz CT molecular complexity index is 871. The molecule has 1 unspecified atom stereocenters. The van der Waals surface area contributed by atoms with Gasteiger partial charge in [0.25, 0.3) is 15.9 Å². The summed E-state index contributed by atoms with van der Waals surface area (Å²) in [6.45, 7) is 3.63. The maximum atomic E-state index is 12.5. The van der Waals surface area contributed by atoms with Gasteiger partial charge in [-0.3, -0.25) is 9.52 Å². The fourth-order valence-corrected chi connectivity index (χ4v) is 4.01. The first-order valence-corrected chi connectivity index (χ1v) is 10.0. The van der Waals surface area contributed by atoms with Crippen molar-refractivity contribution in [2.24, 2.45) is 0 Å². The summed E-state index contributed by atoms with van der Waals surface area (Å²) in [6.07, 6.45) is 0.926. The molecule has 0 aliphatic carbocycles. The summed E-state index contributed by atoms with van der Waals surface area (Å²) in [5.74, 6) is -0.103. The predicted octanol–water partition coefficient (Wildman–Crippen LogP) is 2.23. The standard InChI is InChI=1S/C19H23N3O3S/c1-14-3-7-16(8-4-14)21-26(24,25)18-9-5-15(6-10-18)19(23)22(2)17-11-12-20-13-17/h3-10,17,20-21H,11-13H2,1-2H3. The van der Waals surface area contributed by atoms with E-state index in [4.69, 9.17) is 0 Å². The highest BCUT2D eigenvalue weighted by Gasteiger charge is 2.24. The number of carbonyl (C=O) groups excluding carboxylic acids is 1. The first kappa shape index (κ1) is 18.4. The molecule has 1 amide bonds. The van der Waals surface area contributed by atoms with Crippen LogP contribution in [0, 0.1) is 6.92 Å². The number of hydrogen-bond acceptors (Lipinski definition) is 4. The number of benzene rings is 2. The van der Waals surface area contributed by atoms with Crippen LogP contribution in [-0.4, -0.2) is 45.4 Å². The minimum Gasteiger partial charge on any atom is -0.337 e. The number of likely N-dealkylation sites (N-methyl/N-ethyl adjacent to an activating group) is 1. The molecule has 1 fully saturated rings. The second-order valence-corrected chi connectivity index (χ2v) is 8.24. The number of anilines is 1. The van der Waals surface area contributed by atoms with Gasteiger partial charge in [0.05, 0.1) is 4.90 Å². The van der Waals surface area contributed by atoms with Crippen LogP contribution in [0.15, 0.2) is 53.4 Å². The van der Waals surface area contributed by atoms with Gasteiger partial charge in [0.2, 0.25) is 0 Å². The van der Waals surface area contributed by atoms with E-state index in [1.807, 2.05) is 19.1 Å². The summed E-state index contributed by atoms with van der Waals surface area (Å²) in [5, 5.41) is 3.23. The van der Waals surface area contributed by atoms with Crippen molar-refractivity contribution in [2.45, 2.75) is 24.3 Å². The predicted molar refractivity (Wildman–Crippen MR) is 102 cm³/mol. The third-order valence-electron chi connectivity index (χ3n) is 4.62. The van der Waals surface area contributed by atoms with E-state index in [0.29, 0.717) is 11.3 Å². The van der Waals surface area contributed by atoms with Crippen molar-refractivity contribution in [1.82, 2.24) is 10.2 Å². The summed E-state index contributed by atoms with van der Waals surface area (Å²) in [6, 6.07) is 13.3. The lowest BCUT2D eigenvalue weighted by molar-refractivity contribution is 0.0743. The number of nitrogens with zero attached hydrogens (tertiary/aromatic N) is 1. The second kappa shape index (κ2) is 7.47. The van der Waals surface area contributed by atoms with E-state index in [2.05, 4.69) is 10.0 Å². The van der Waals surface area contributed by atoms with Gasteiger partial charge in [-0.15, -0.1) is 0 Å². The first-order valence-electron chi connectivity index (χ1n) is 8.54. The highest BCUT2D eigenvalue weighted by atomic mass is 32.2. The Balaban J connectivity index is 1.73. The number of aryl methyl sites for hydroxylation is 1. The molecule has 0 saturated carbocycles. The maximum absolute atomic E-state index is 12.5. The van der Waals surface area contributed by atoms with Gasteiger partial charge in [0.15, 0.2) is 0 Å². The Morgan fingerprint density at radius 1 is 1.12 bits per heavy atom. The molecule has 0 spiro atoms. The van der Waals surface area contributed by atoms with E-state index in [9.17, 15) is 13.2 Å². The summed E-state index contributed by atoms with van der Waals surface area (Å²) >= 11 is 0. The summed E-state index contributed by atoms with van der Waals surface area (Å²) in [5.41, 5.74) is 2.04. The molecule has 1 aliphatic rings. The van der Waals surface area contributed by atoms with Crippen LogP contribution in [0.2, 0.25) is 0 Å². The molecule has 6 nitrogen and oxygen atoms in total. The average molecular weight is 373 g/mol. The second-order valence-electron chi connectivity index (χ2n) is 6.56. The van der Waals surface area contributed by atoms with Crippen molar-refractivity contribution in [2.75, 3.05) is 24.9 Å². The van der Waals surface area contributed by atoms with Gasteiger partial charge in [0.1, 0.15) is 0 Å². The summed E-state index contributed by atoms with van der Waals surface area (Å²) in [4.78, 5) is 14.4. The van der Waals surface area contributed by atoms with Crippen LogP contribution in [0.5, 0.6) is 0 Å². The fourth-order valence-electron chi connectivity index (χ4n) is 2.95. The van der Waals surface area contributed by atoms with Gasteiger partial charge in [0, 0.05) is 30.9 Å². The molecule has 1 saturated heterocycles. The zero-order valence-corrected chi connectivity index (χ0v) is 15.7. The molecule has 1 aliphatic heterocycles. The summed E-state index contributed by atoms with van der Waals surface area (Å²) < 4.78 is 27.5. The number of amides is 1.